The van der Waals surface area contributed by atoms with E-state index in [-0.39, 0.29) is 0 Å². The summed E-state index contributed by atoms with van der Waals surface area (Å²) in [6.07, 6.45) is 3.18. The SMILES string of the molecule is COCCCCc1ccc(N=[N+]([O-])c2ccccc2)cc1. The maximum atomic E-state index is 11.9. The first-order valence-corrected chi connectivity index (χ1v) is 7.11. The molecule has 0 aliphatic heterocycles. The van der Waals surface area contributed by atoms with Crippen LogP contribution in [0, 0.1) is 5.21 Å². The molecule has 2 rings (SSSR count). The second-order valence-electron chi connectivity index (χ2n) is 4.82. The van der Waals surface area contributed by atoms with Crippen LogP contribution in [0.4, 0.5) is 11.4 Å². The van der Waals surface area contributed by atoms with E-state index in [1.54, 1.807) is 19.2 Å². The molecule has 4 heteroatoms. The maximum Gasteiger partial charge on any atom is 0.244 e. The van der Waals surface area contributed by atoms with Crippen LogP contribution in [-0.2, 0) is 11.2 Å². The molecule has 0 fully saturated rings. The number of para-hydroxylation sites is 1. The third kappa shape index (κ3) is 5.00. The minimum Gasteiger partial charge on any atom is -0.594 e. The number of nitrogens with zero attached hydrogens (tertiary/aromatic N) is 2. The monoisotopic (exact) mass is 284 g/mol. The smallest absolute Gasteiger partial charge is 0.244 e. The fraction of sp³-hybridized carbons (Fsp3) is 0.294. The average Bonchev–Trinajstić information content (AvgIpc) is 2.54. The summed E-state index contributed by atoms with van der Waals surface area (Å²) in [5.74, 6) is 0. The van der Waals surface area contributed by atoms with Crippen LogP contribution < -0.4 is 0 Å². The van der Waals surface area contributed by atoms with Gasteiger partial charge in [0.2, 0.25) is 5.69 Å². The van der Waals surface area contributed by atoms with Crippen molar-refractivity contribution in [2.45, 2.75) is 19.3 Å². The first-order valence-electron chi connectivity index (χ1n) is 7.11. The molecule has 110 valence electrons. The first-order chi connectivity index (χ1) is 10.3. The molecule has 21 heavy (non-hydrogen) atoms. The van der Waals surface area contributed by atoms with Crippen molar-refractivity contribution >= 4 is 11.4 Å². The lowest BCUT2D eigenvalue weighted by atomic mass is 10.1. The molecule has 2 aromatic rings. The van der Waals surface area contributed by atoms with E-state index < -0.39 is 0 Å². The van der Waals surface area contributed by atoms with Crippen LogP contribution >= 0.6 is 0 Å². The van der Waals surface area contributed by atoms with Crippen molar-refractivity contribution in [1.29, 1.82) is 0 Å². The van der Waals surface area contributed by atoms with E-state index in [0.717, 1.165) is 25.9 Å². The van der Waals surface area contributed by atoms with Gasteiger partial charge in [0.05, 0.1) is 0 Å². The Bertz CT molecular complexity index is 565. The topological polar surface area (TPSA) is 47.7 Å². The van der Waals surface area contributed by atoms with Crippen LogP contribution in [0.25, 0.3) is 0 Å². The predicted molar refractivity (Wildman–Crippen MR) is 83.1 cm³/mol. The lowest BCUT2D eigenvalue weighted by Gasteiger charge is -2.02. The standard InChI is InChI=1S/C17H20N2O2/c1-21-14-6-5-7-15-10-12-16(13-11-15)18-19(20)17-8-3-2-4-9-17/h2-4,8-13H,5-7,14H2,1H3. The number of hydrogen-bond donors (Lipinski definition) is 0. The number of ether oxygens (including phenoxy) is 1. The molecule has 0 spiro atoms. The molecule has 0 bridgehead atoms. The molecular weight excluding hydrogens is 264 g/mol. The number of benzene rings is 2. The van der Waals surface area contributed by atoms with E-state index in [1.807, 2.05) is 42.5 Å². The zero-order chi connectivity index (χ0) is 14.9. The first kappa shape index (κ1) is 15.2. The highest BCUT2D eigenvalue weighted by molar-refractivity contribution is 5.38. The predicted octanol–water partition coefficient (Wildman–Crippen LogP) is 4.58. The number of azo groups is 1. The molecule has 0 unspecified atom stereocenters. The lowest BCUT2D eigenvalue weighted by molar-refractivity contribution is -0.435. The summed E-state index contributed by atoms with van der Waals surface area (Å²) in [5.41, 5.74) is 2.44. The largest absolute Gasteiger partial charge is 0.594 e. The Morgan fingerprint density at radius 2 is 1.71 bits per heavy atom. The Labute approximate surface area is 125 Å². The summed E-state index contributed by atoms with van der Waals surface area (Å²) in [7, 11) is 1.72. The van der Waals surface area contributed by atoms with E-state index in [2.05, 4.69) is 5.11 Å². The summed E-state index contributed by atoms with van der Waals surface area (Å²) >= 11 is 0. The van der Waals surface area contributed by atoms with Crippen molar-refractivity contribution in [2.24, 2.45) is 5.11 Å². The van der Waals surface area contributed by atoms with Crippen molar-refractivity contribution < 1.29 is 9.60 Å². The Kier molecular flexibility index (Phi) is 5.91. The van der Waals surface area contributed by atoms with Gasteiger partial charge in [-0.1, -0.05) is 35.2 Å². The third-order valence-electron chi connectivity index (χ3n) is 3.18. The average molecular weight is 284 g/mol. The van der Waals surface area contributed by atoms with Crippen molar-refractivity contribution in [1.82, 2.24) is 0 Å². The highest BCUT2D eigenvalue weighted by atomic mass is 16.5. The molecule has 0 heterocycles. The second kappa shape index (κ2) is 8.17. The molecule has 0 aliphatic carbocycles. The van der Waals surface area contributed by atoms with Crippen LogP contribution in [0.15, 0.2) is 59.7 Å². The Balaban J connectivity index is 1.96. The maximum absolute atomic E-state index is 11.9. The lowest BCUT2D eigenvalue weighted by Crippen LogP contribution is -1.91. The second-order valence-corrected chi connectivity index (χ2v) is 4.82. The van der Waals surface area contributed by atoms with Crippen LogP contribution in [0.5, 0.6) is 0 Å². The van der Waals surface area contributed by atoms with Gasteiger partial charge in [-0.25, -0.2) is 0 Å². The van der Waals surface area contributed by atoms with Crippen LogP contribution in [0.3, 0.4) is 0 Å². The molecular formula is C17H20N2O2. The molecule has 0 aliphatic rings. The van der Waals surface area contributed by atoms with Gasteiger partial charge in [0.25, 0.3) is 0 Å². The Morgan fingerprint density at radius 1 is 1.00 bits per heavy atom. The molecule has 0 atom stereocenters. The molecule has 2 aromatic carbocycles. The van der Waals surface area contributed by atoms with E-state index in [0.29, 0.717) is 16.2 Å². The minimum absolute atomic E-state index is 0.529. The van der Waals surface area contributed by atoms with Crippen LogP contribution in [0.1, 0.15) is 18.4 Å². The number of methoxy groups -OCH3 is 1. The molecule has 4 nitrogen and oxygen atoms in total. The molecule has 0 N–H and O–H groups in total. The zero-order valence-corrected chi connectivity index (χ0v) is 12.2. The summed E-state index contributed by atoms with van der Waals surface area (Å²) < 4.78 is 5.03. The van der Waals surface area contributed by atoms with Gasteiger partial charge in [0.1, 0.15) is 5.69 Å². The highest BCUT2D eigenvalue weighted by Crippen LogP contribution is 2.18. The molecule has 0 aromatic heterocycles. The summed E-state index contributed by atoms with van der Waals surface area (Å²) in [6.45, 7) is 0.801. The molecule has 0 radical (unpaired) electrons. The zero-order valence-electron chi connectivity index (χ0n) is 12.2. The third-order valence-corrected chi connectivity index (χ3v) is 3.18. The van der Waals surface area contributed by atoms with Gasteiger partial charge in [-0.2, -0.15) is 0 Å². The van der Waals surface area contributed by atoms with Crippen LogP contribution in [0.2, 0.25) is 0 Å². The van der Waals surface area contributed by atoms with E-state index in [1.165, 1.54) is 5.56 Å². The number of aryl methyl sites for hydroxylation is 1. The van der Waals surface area contributed by atoms with Crippen molar-refractivity contribution in [2.75, 3.05) is 13.7 Å². The van der Waals surface area contributed by atoms with Gasteiger partial charge in [-0.15, -0.1) is 0 Å². The minimum atomic E-state index is 0.529. The fourth-order valence-electron chi connectivity index (χ4n) is 2.02. The van der Waals surface area contributed by atoms with E-state index in [9.17, 15) is 5.21 Å². The van der Waals surface area contributed by atoms with Crippen molar-refractivity contribution in [3.05, 3.63) is 65.4 Å². The fourth-order valence-corrected chi connectivity index (χ4v) is 2.02. The molecule has 0 saturated heterocycles. The van der Waals surface area contributed by atoms with Gasteiger partial charge < -0.3 is 9.94 Å². The van der Waals surface area contributed by atoms with Crippen molar-refractivity contribution in [3.8, 4) is 0 Å². The highest BCUT2D eigenvalue weighted by Gasteiger charge is 2.02. The molecule has 0 amide bonds. The number of rotatable bonds is 7. The Morgan fingerprint density at radius 3 is 2.38 bits per heavy atom. The number of unbranched alkanes of at least 4 members (excludes halogenated alkanes) is 1. The van der Waals surface area contributed by atoms with Gasteiger partial charge in [0, 0.05) is 31.0 Å². The quantitative estimate of drug-likeness (QED) is 0.323. The van der Waals surface area contributed by atoms with Gasteiger partial charge in [-0.3, -0.25) is 0 Å². The van der Waals surface area contributed by atoms with Crippen molar-refractivity contribution in [3.63, 3.8) is 0 Å². The van der Waals surface area contributed by atoms with Gasteiger partial charge in [0.15, 0.2) is 0 Å². The van der Waals surface area contributed by atoms with Gasteiger partial charge in [-0.05, 0) is 37.0 Å². The normalized spacial score (nSPS) is 11.6. The summed E-state index contributed by atoms with van der Waals surface area (Å²) in [5, 5.41) is 15.9. The van der Waals surface area contributed by atoms with Gasteiger partial charge >= 0.3 is 0 Å². The van der Waals surface area contributed by atoms with E-state index in [4.69, 9.17) is 4.74 Å². The summed E-state index contributed by atoms with van der Waals surface area (Å²) in [6, 6.07) is 16.8. The Hall–Kier alpha value is -2.20. The van der Waals surface area contributed by atoms with Crippen LogP contribution in [-0.4, -0.2) is 18.6 Å². The molecule has 0 saturated carbocycles. The summed E-state index contributed by atoms with van der Waals surface area (Å²) in [4.78, 5) is 0.646. The number of hydrogen-bond acceptors (Lipinski definition) is 3. The van der Waals surface area contributed by atoms with E-state index >= 15 is 0 Å².